The molecule has 1 saturated heterocycles. The average Bonchev–Trinajstić information content (AvgIpc) is 3.57. The average molecular weight is 678 g/mol. The molecule has 248 valence electrons. The van der Waals surface area contributed by atoms with Gasteiger partial charge < -0.3 is 23.7 Å². The van der Waals surface area contributed by atoms with E-state index in [0.29, 0.717) is 51.2 Å². The van der Waals surface area contributed by atoms with Crippen LogP contribution in [0.4, 0.5) is 5.82 Å². The molecule has 4 heterocycles. The second kappa shape index (κ2) is 14.4. The Morgan fingerprint density at radius 2 is 1.74 bits per heavy atom. The van der Waals surface area contributed by atoms with Crippen LogP contribution in [-0.4, -0.2) is 64.6 Å². The molecule has 4 aromatic rings. The van der Waals surface area contributed by atoms with Gasteiger partial charge in [0, 0.05) is 72.8 Å². The molecule has 0 radical (unpaired) electrons. The van der Waals surface area contributed by atoms with Gasteiger partial charge in [0.15, 0.2) is 17.9 Å². The van der Waals surface area contributed by atoms with Gasteiger partial charge in [-0.05, 0) is 51.1 Å². The molecule has 5 rings (SSSR count). The number of benzene rings is 1. The first-order valence-corrected chi connectivity index (χ1v) is 20.8. The Morgan fingerprint density at radius 1 is 1.04 bits per heavy atom. The quantitative estimate of drug-likeness (QED) is 0.0894. The van der Waals surface area contributed by atoms with Crippen molar-refractivity contribution in [1.29, 1.82) is 0 Å². The van der Waals surface area contributed by atoms with Gasteiger partial charge in [-0.3, -0.25) is 18.9 Å². The number of Topliss-reactive ketones (excluding diaryl/α,β-unsaturated/α-hetero) is 2. The Morgan fingerprint density at radius 3 is 2.38 bits per heavy atom. The summed E-state index contributed by atoms with van der Waals surface area (Å²) in [6, 6.07) is 10.2. The standard InChI is InChI=1S/C33H40N5O7PSi/c1-6-44-46(42,45-7-2)21-43-31-13-29-25(12-24(31)23-14-34-20-35-15-23)26(22(3)39)16-38(29)17-30(40)27-18-47(4,5)19-28(27)33(41)37-32-10-8-9-11-36-32/h8-16,20,27-28H,6-7,17-19,21H2,1-5H3,(H,36,37,41)/t27?,28-/m1/s1. The lowest BCUT2D eigenvalue weighted by Crippen LogP contribution is -2.31. The van der Waals surface area contributed by atoms with Crippen LogP contribution in [0.2, 0.25) is 25.2 Å². The second-order valence-electron chi connectivity index (χ2n) is 12.4. The molecule has 14 heteroatoms. The molecule has 12 nitrogen and oxygen atoms in total. The third-order valence-corrected chi connectivity index (χ3v) is 13.1. The maximum absolute atomic E-state index is 14.1. The summed E-state index contributed by atoms with van der Waals surface area (Å²) in [7, 11) is -5.41. The highest BCUT2D eigenvalue weighted by molar-refractivity contribution is 7.53. The molecule has 1 N–H and O–H groups in total. The summed E-state index contributed by atoms with van der Waals surface area (Å²) >= 11 is 0. The lowest BCUT2D eigenvalue weighted by Gasteiger charge is -2.20. The Kier molecular flexibility index (Phi) is 10.5. The fourth-order valence-corrected chi connectivity index (χ4v) is 11.1. The van der Waals surface area contributed by atoms with Crippen molar-refractivity contribution in [3.05, 3.63) is 67.0 Å². The number of anilines is 1. The number of fused-ring (bicyclic) bond motifs is 1. The van der Waals surface area contributed by atoms with Crippen molar-refractivity contribution in [2.24, 2.45) is 11.8 Å². The van der Waals surface area contributed by atoms with Gasteiger partial charge in [0.05, 0.1) is 25.3 Å². The van der Waals surface area contributed by atoms with E-state index in [9.17, 15) is 18.9 Å². The third-order valence-electron chi connectivity index (χ3n) is 8.29. The van der Waals surface area contributed by atoms with Crippen molar-refractivity contribution >= 4 is 49.9 Å². The van der Waals surface area contributed by atoms with Crippen molar-refractivity contribution in [3.8, 4) is 16.9 Å². The van der Waals surface area contributed by atoms with Crippen LogP contribution in [0.1, 0.15) is 31.1 Å². The number of pyridine rings is 1. The van der Waals surface area contributed by atoms with E-state index in [0.717, 1.165) is 0 Å². The minimum atomic E-state index is -3.58. The topological polar surface area (TPSA) is 152 Å². The molecule has 2 atom stereocenters. The van der Waals surface area contributed by atoms with E-state index in [1.165, 1.54) is 13.3 Å². The number of nitrogens with zero attached hydrogens (tertiary/aromatic N) is 4. The highest BCUT2D eigenvalue weighted by Gasteiger charge is 2.47. The molecular weight excluding hydrogens is 637 g/mol. The van der Waals surface area contributed by atoms with E-state index in [4.69, 9.17) is 13.8 Å². The van der Waals surface area contributed by atoms with Gasteiger partial charge >= 0.3 is 7.60 Å². The van der Waals surface area contributed by atoms with Crippen LogP contribution in [0.25, 0.3) is 22.0 Å². The van der Waals surface area contributed by atoms with Crippen molar-refractivity contribution < 1.29 is 32.7 Å². The van der Waals surface area contributed by atoms with Gasteiger partial charge in [-0.25, -0.2) is 15.0 Å². The van der Waals surface area contributed by atoms with Gasteiger partial charge in [-0.1, -0.05) is 19.2 Å². The smallest absolute Gasteiger partial charge is 0.367 e. The number of carbonyl (C=O) groups excluding carboxylic acids is 3. The van der Waals surface area contributed by atoms with Crippen LogP contribution in [0.15, 0.2) is 61.4 Å². The molecule has 1 aliphatic rings. The number of amides is 1. The van der Waals surface area contributed by atoms with Gasteiger partial charge in [0.1, 0.15) is 17.9 Å². The summed E-state index contributed by atoms with van der Waals surface area (Å²) in [6.45, 7) is 9.61. The monoisotopic (exact) mass is 677 g/mol. The highest BCUT2D eigenvalue weighted by Crippen LogP contribution is 2.49. The normalized spacial score (nSPS) is 17.5. The molecule has 1 unspecified atom stereocenters. The number of rotatable bonds is 14. The minimum Gasteiger partial charge on any atom is -0.480 e. The Bertz CT molecular complexity index is 1810. The number of carbonyl (C=O) groups is 3. The zero-order valence-electron chi connectivity index (χ0n) is 27.3. The maximum Gasteiger partial charge on any atom is 0.367 e. The zero-order chi connectivity index (χ0) is 33.8. The second-order valence-corrected chi connectivity index (χ2v) is 19.5. The summed E-state index contributed by atoms with van der Waals surface area (Å²) in [4.78, 5) is 52.9. The number of ketones is 2. The summed E-state index contributed by atoms with van der Waals surface area (Å²) in [6.07, 6.45) is 7.56. The van der Waals surface area contributed by atoms with E-state index in [-0.39, 0.29) is 43.6 Å². The van der Waals surface area contributed by atoms with Crippen LogP contribution in [-0.2, 0) is 29.7 Å². The summed E-state index contributed by atoms with van der Waals surface area (Å²) < 4.78 is 32.0. The predicted octanol–water partition coefficient (Wildman–Crippen LogP) is 6.46. The first-order valence-electron chi connectivity index (χ1n) is 15.6. The van der Waals surface area contributed by atoms with Crippen molar-refractivity contribution in [2.75, 3.05) is 24.9 Å². The molecule has 0 spiro atoms. The highest BCUT2D eigenvalue weighted by atomic mass is 31.2. The van der Waals surface area contributed by atoms with Crippen molar-refractivity contribution in [2.45, 2.75) is 52.5 Å². The number of aromatic nitrogens is 4. The van der Waals surface area contributed by atoms with Crippen LogP contribution < -0.4 is 10.1 Å². The summed E-state index contributed by atoms with van der Waals surface area (Å²) in [5.74, 6) is -0.645. The van der Waals surface area contributed by atoms with Crippen LogP contribution in [0.5, 0.6) is 5.75 Å². The van der Waals surface area contributed by atoms with Crippen LogP contribution >= 0.6 is 7.60 Å². The van der Waals surface area contributed by atoms with E-state index in [1.807, 2.05) is 0 Å². The maximum atomic E-state index is 14.1. The number of hydrogen-bond acceptors (Lipinski definition) is 10. The largest absolute Gasteiger partial charge is 0.480 e. The van der Waals surface area contributed by atoms with Gasteiger partial charge in [0.25, 0.3) is 0 Å². The Balaban J connectivity index is 1.52. The fourth-order valence-electron chi connectivity index (χ4n) is 6.28. The molecule has 1 aromatic carbocycles. The summed E-state index contributed by atoms with van der Waals surface area (Å²) in [5, 5.41) is 3.50. The van der Waals surface area contributed by atoms with Crippen LogP contribution in [0.3, 0.4) is 0 Å². The molecule has 0 saturated carbocycles. The number of nitrogens with one attached hydrogen (secondary N) is 1. The van der Waals surface area contributed by atoms with E-state index < -0.39 is 27.5 Å². The van der Waals surface area contributed by atoms with Crippen molar-refractivity contribution in [3.63, 3.8) is 0 Å². The van der Waals surface area contributed by atoms with Crippen molar-refractivity contribution in [1.82, 2.24) is 19.5 Å². The zero-order valence-corrected chi connectivity index (χ0v) is 29.2. The van der Waals surface area contributed by atoms with Gasteiger partial charge in [-0.2, -0.15) is 0 Å². The molecule has 0 aliphatic carbocycles. The third kappa shape index (κ3) is 7.93. The molecule has 1 amide bonds. The number of hydrogen-bond donors (Lipinski definition) is 1. The summed E-state index contributed by atoms with van der Waals surface area (Å²) in [5.41, 5.74) is 2.19. The van der Waals surface area contributed by atoms with E-state index in [2.05, 4.69) is 33.4 Å². The Hall–Kier alpha value is -4.03. The fraction of sp³-hybridized carbons (Fsp3) is 0.394. The van der Waals surface area contributed by atoms with Crippen LogP contribution in [0, 0.1) is 11.8 Å². The Labute approximate surface area is 274 Å². The molecule has 3 aromatic heterocycles. The predicted molar refractivity (Wildman–Crippen MR) is 181 cm³/mol. The lowest BCUT2D eigenvalue weighted by atomic mass is 9.91. The lowest BCUT2D eigenvalue weighted by molar-refractivity contribution is -0.129. The molecule has 47 heavy (non-hydrogen) atoms. The SMILES string of the molecule is CCOP(=O)(COc1cc2c(cc1-c1cncnc1)c(C(C)=O)cn2CC(=O)C1C[Si](C)(C)C[C@H]1C(=O)Nc1ccccn1)OCC. The minimum absolute atomic E-state index is 0.0457. The first-order chi connectivity index (χ1) is 22.4. The van der Waals surface area contributed by atoms with E-state index >= 15 is 0 Å². The molecule has 0 bridgehead atoms. The van der Waals surface area contributed by atoms with Gasteiger partial charge in [-0.15, -0.1) is 0 Å². The molecular formula is C33H40N5O7PSi. The molecule has 1 aliphatic heterocycles. The number of ether oxygens (including phenoxy) is 1. The van der Waals surface area contributed by atoms with Gasteiger partial charge in [0.2, 0.25) is 5.91 Å². The first kappa shape index (κ1) is 34.3. The van der Waals surface area contributed by atoms with E-state index in [1.54, 1.807) is 73.5 Å². The molecule has 1 fully saturated rings.